The number of nitrogens with zero attached hydrogens (tertiary/aromatic N) is 2. The lowest BCUT2D eigenvalue weighted by molar-refractivity contribution is 0.414. The molecule has 23 heavy (non-hydrogen) atoms. The van der Waals surface area contributed by atoms with E-state index >= 15 is 0 Å². The monoisotopic (exact) mass is 304 g/mol. The summed E-state index contributed by atoms with van der Waals surface area (Å²) in [6.07, 6.45) is 4.00. The molecule has 0 N–H and O–H groups in total. The predicted octanol–water partition coefficient (Wildman–Crippen LogP) is 4.85. The molecule has 0 aliphatic carbocycles. The zero-order valence-corrected chi connectivity index (χ0v) is 13.7. The van der Waals surface area contributed by atoms with E-state index in [0.29, 0.717) is 0 Å². The van der Waals surface area contributed by atoms with Gasteiger partial charge in [-0.1, -0.05) is 12.1 Å². The Morgan fingerprint density at radius 3 is 2.48 bits per heavy atom. The molecule has 0 fully saturated rings. The van der Waals surface area contributed by atoms with Crippen molar-refractivity contribution < 1.29 is 4.74 Å². The highest BCUT2D eigenvalue weighted by atomic mass is 16.5. The van der Waals surface area contributed by atoms with Crippen molar-refractivity contribution >= 4 is 11.9 Å². The summed E-state index contributed by atoms with van der Waals surface area (Å²) in [7, 11) is 1.68. The highest BCUT2D eigenvalue weighted by Crippen LogP contribution is 2.19. The van der Waals surface area contributed by atoms with Gasteiger partial charge in [-0.25, -0.2) is 0 Å². The minimum absolute atomic E-state index is 0.861. The summed E-state index contributed by atoms with van der Waals surface area (Å²) in [5, 5.41) is 0. The summed E-state index contributed by atoms with van der Waals surface area (Å²) >= 11 is 0. The first-order chi connectivity index (χ1) is 11.2. The topological polar surface area (TPSA) is 26.5 Å². The van der Waals surface area contributed by atoms with Crippen molar-refractivity contribution in [1.29, 1.82) is 0 Å². The molecule has 0 bridgehead atoms. The number of methoxy groups -OCH3 is 1. The van der Waals surface area contributed by atoms with Crippen LogP contribution in [0.25, 0.3) is 5.69 Å². The van der Waals surface area contributed by atoms with E-state index in [0.717, 1.165) is 22.7 Å². The Bertz CT molecular complexity index is 829. The van der Waals surface area contributed by atoms with Crippen LogP contribution in [-0.2, 0) is 0 Å². The van der Waals surface area contributed by atoms with Gasteiger partial charge in [-0.05, 0) is 61.9 Å². The van der Waals surface area contributed by atoms with Crippen LogP contribution >= 0.6 is 0 Å². The maximum absolute atomic E-state index is 5.21. The fourth-order valence-corrected chi connectivity index (χ4v) is 2.55. The zero-order chi connectivity index (χ0) is 16.2. The highest BCUT2D eigenvalue weighted by Gasteiger charge is 2.03. The fraction of sp³-hybridized carbons (Fsp3) is 0.150. The summed E-state index contributed by atoms with van der Waals surface area (Å²) in [4.78, 5) is 4.55. The van der Waals surface area contributed by atoms with Gasteiger partial charge in [0.15, 0.2) is 0 Å². The number of aliphatic imine (C=N–C) groups is 1. The summed E-state index contributed by atoms with van der Waals surface area (Å²) in [6, 6.07) is 18.3. The number of benzene rings is 2. The average molecular weight is 304 g/mol. The molecule has 1 heterocycles. The number of ether oxygens (including phenoxy) is 1. The lowest BCUT2D eigenvalue weighted by Crippen LogP contribution is -1.94. The molecule has 3 aromatic rings. The van der Waals surface area contributed by atoms with Crippen LogP contribution in [0, 0.1) is 13.8 Å². The van der Waals surface area contributed by atoms with Crippen molar-refractivity contribution in [2.45, 2.75) is 13.8 Å². The van der Waals surface area contributed by atoms with Crippen molar-refractivity contribution in [3.05, 3.63) is 77.6 Å². The molecule has 3 nitrogen and oxygen atoms in total. The standard InChI is InChI=1S/C20H20N2O/c1-15-5-4-6-18(11-15)21-13-17-12-16(2)22(14-17)19-7-9-20(23-3)10-8-19/h4-14H,1-3H3. The van der Waals surface area contributed by atoms with Crippen LogP contribution in [0.5, 0.6) is 5.75 Å². The van der Waals surface area contributed by atoms with Gasteiger partial charge in [0.2, 0.25) is 0 Å². The molecule has 0 saturated carbocycles. The lowest BCUT2D eigenvalue weighted by atomic mass is 10.2. The summed E-state index contributed by atoms with van der Waals surface area (Å²) in [5.41, 5.74) is 5.55. The average Bonchev–Trinajstić information content (AvgIpc) is 2.94. The molecule has 3 rings (SSSR count). The Balaban J connectivity index is 1.85. The maximum Gasteiger partial charge on any atom is 0.119 e. The van der Waals surface area contributed by atoms with Crippen LogP contribution < -0.4 is 4.74 Å². The van der Waals surface area contributed by atoms with Gasteiger partial charge in [0.1, 0.15) is 5.75 Å². The number of hydrogen-bond acceptors (Lipinski definition) is 2. The smallest absolute Gasteiger partial charge is 0.119 e. The van der Waals surface area contributed by atoms with Crippen LogP contribution in [0.2, 0.25) is 0 Å². The van der Waals surface area contributed by atoms with Crippen LogP contribution in [0.3, 0.4) is 0 Å². The van der Waals surface area contributed by atoms with E-state index in [2.05, 4.69) is 47.8 Å². The number of hydrogen-bond donors (Lipinski definition) is 0. The van der Waals surface area contributed by atoms with E-state index in [9.17, 15) is 0 Å². The van der Waals surface area contributed by atoms with Gasteiger partial charge in [0.05, 0.1) is 12.8 Å². The van der Waals surface area contributed by atoms with Crippen LogP contribution in [-0.4, -0.2) is 17.9 Å². The van der Waals surface area contributed by atoms with Crippen LogP contribution in [0.1, 0.15) is 16.8 Å². The third kappa shape index (κ3) is 3.51. The molecular formula is C20H20N2O. The summed E-state index contributed by atoms with van der Waals surface area (Å²) < 4.78 is 7.36. The quantitative estimate of drug-likeness (QED) is 0.633. The van der Waals surface area contributed by atoms with E-state index in [4.69, 9.17) is 4.74 Å². The second-order valence-electron chi connectivity index (χ2n) is 5.58. The van der Waals surface area contributed by atoms with Gasteiger partial charge in [-0.3, -0.25) is 4.99 Å². The molecule has 0 amide bonds. The van der Waals surface area contributed by atoms with E-state index in [1.54, 1.807) is 7.11 Å². The van der Waals surface area contributed by atoms with Crippen molar-refractivity contribution in [3.63, 3.8) is 0 Å². The number of rotatable bonds is 4. The molecule has 0 radical (unpaired) electrons. The molecule has 0 spiro atoms. The SMILES string of the molecule is COc1ccc(-n2cc(C=Nc3cccc(C)c3)cc2C)cc1. The Kier molecular flexibility index (Phi) is 4.29. The minimum Gasteiger partial charge on any atom is -0.497 e. The maximum atomic E-state index is 5.21. The van der Waals surface area contributed by atoms with Crippen molar-refractivity contribution in [3.8, 4) is 11.4 Å². The van der Waals surface area contributed by atoms with Gasteiger partial charge in [-0.2, -0.15) is 0 Å². The molecule has 0 aliphatic heterocycles. The molecule has 0 aliphatic rings. The van der Waals surface area contributed by atoms with Crippen LogP contribution in [0.4, 0.5) is 5.69 Å². The number of aromatic nitrogens is 1. The van der Waals surface area contributed by atoms with Crippen molar-refractivity contribution in [2.24, 2.45) is 4.99 Å². The van der Waals surface area contributed by atoms with Crippen LogP contribution in [0.15, 0.2) is 65.8 Å². The zero-order valence-electron chi connectivity index (χ0n) is 13.7. The highest BCUT2D eigenvalue weighted by molar-refractivity contribution is 5.82. The first kappa shape index (κ1) is 15.1. The third-order valence-corrected chi connectivity index (χ3v) is 3.75. The van der Waals surface area contributed by atoms with Gasteiger partial charge < -0.3 is 9.30 Å². The summed E-state index contributed by atoms with van der Waals surface area (Å²) in [6.45, 7) is 4.16. The first-order valence-corrected chi connectivity index (χ1v) is 7.60. The Morgan fingerprint density at radius 2 is 1.78 bits per heavy atom. The van der Waals surface area contributed by atoms with E-state index in [1.807, 2.05) is 42.6 Å². The Morgan fingerprint density at radius 1 is 1.00 bits per heavy atom. The van der Waals surface area contributed by atoms with E-state index < -0.39 is 0 Å². The van der Waals surface area contributed by atoms with Gasteiger partial charge in [0, 0.05) is 29.4 Å². The van der Waals surface area contributed by atoms with Gasteiger partial charge in [-0.15, -0.1) is 0 Å². The minimum atomic E-state index is 0.861. The predicted molar refractivity (Wildman–Crippen MR) is 95.5 cm³/mol. The van der Waals surface area contributed by atoms with Crippen molar-refractivity contribution in [2.75, 3.05) is 7.11 Å². The second kappa shape index (κ2) is 6.53. The lowest BCUT2D eigenvalue weighted by Gasteiger charge is -2.06. The fourth-order valence-electron chi connectivity index (χ4n) is 2.55. The molecule has 0 atom stereocenters. The molecule has 116 valence electrons. The normalized spacial score (nSPS) is 11.1. The second-order valence-corrected chi connectivity index (χ2v) is 5.58. The van der Waals surface area contributed by atoms with Crippen molar-refractivity contribution in [1.82, 2.24) is 4.57 Å². The van der Waals surface area contributed by atoms with E-state index in [-0.39, 0.29) is 0 Å². The Hall–Kier alpha value is -2.81. The third-order valence-electron chi connectivity index (χ3n) is 3.75. The van der Waals surface area contributed by atoms with Gasteiger partial charge in [0.25, 0.3) is 0 Å². The molecule has 1 aromatic heterocycles. The Labute approximate surface area is 136 Å². The molecule has 0 saturated heterocycles. The molecule has 0 unspecified atom stereocenters. The largest absolute Gasteiger partial charge is 0.497 e. The molecule has 2 aromatic carbocycles. The molecular weight excluding hydrogens is 284 g/mol. The van der Waals surface area contributed by atoms with E-state index in [1.165, 1.54) is 11.3 Å². The number of aryl methyl sites for hydroxylation is 2. The van der Waals surface area contributed by atoms with Gasteiger partial charge >= 0.3 is 0 Å². The summed E-state index contributed by atoms with van der Waals surface area (Å²) in [5.74, 6) is 0.861. The first-order valence-electron chi connectivity index (χ1n) is 7.60. The molecule has 3 heteroatoms.